The molecular weight excluding hydrogens is 400 g/mol. The Morgan fingerprint density at radius 1 is 1.12 bits per heavy atom. The minimum atomic E-state index is -0.487. The standard InChI is InChI=1S/C14H11BrN6O2.ClH/c15-9-3-1-8(2-4-9)13(22)19-10-5-17-12-11(14(23)20-16)6-18-21(12)7-10;/h1-7H,16H2,(H,19,22)(H,20,23);1H. The normalized spacial score (nSPS) is 10.1. The quantitative estimate of drug-likeness (QED) is 0.345. The molecule has 0 aliphatic heterocycles. The van der Waals surface area contributed by atoms with Crippen molar-refractivity contribution >= 4 is 51.5 Å². The molecule has 2 aromatic heterocycles. The van der Waals surface area contributed by atoms with Crippen molar-refractivity contribution in [1.82, 2.24) is 20.0 Å². The third-order valence-electron chi connectivity index (χ3n) is 3.10. The molecule has 3 aromatic rings. The molecule has 24 heavy (non-hydrogen) atoms. The van der Waals surface area contributed by atoms with E-state index < -0.39 is 5.91 Å². The maximum absolute atomic E-state index is 12.2. The molecule has 0 radical (unpaired) electrons. The van der Waals surface area contributed by atoms with Crippen molar-refractivity contribution < 1.29 is 9.59 Å². The van der Waals surface area contributed by atoms with Gasteiger partial charge in [-0.3, -0.25) is 15.0 Å². The summed E-state index contributed by atoms with van der Waals surface area (Å²) in [6, 6.07) is 6.95. The van der Waals surface area contributed by atoms with Crippen LogP contribution >= 0.6 is 28.3 Å². The van der Waals surface area contributed by atoms with Gasteiger partial charge in [0.1, 0.15) is 5.56 Å². The van der Waals surface area contributed by atoms with Crippen molar-refractivity contribution in [3.05, 3.63) is 58.5 Å². The predicted molar refractivity (Wildman–Crippen MR) is 94.0 cm³/mol. The highest BCUT2D eigenvalue weighted by Gasteiger charge is 2.13. The molecule has 0 saturated heterocycles. The third-order valence-corrected chi connectivity index (χ3v) is 3.63. The van der Waals surface area contributed by atoms with Crippen LogP contribution in [0.3, 0.4) is 0 Å². The number of hydrogen-bond acceptors (Lipinski definition) is 5. The number of carbonyl (C=O) groups is 2. The highest BCUT2D eigenvalue weighted by Crippen LogP contribution is 2.14. The number of rotatable bonds is 3. The van der Waals surface area contributed by atoms with E-state index in [-0.39, 0.29) is 23.9 Å². The smallest absolute Gasteiger partial charge is 0.270 e. The second-order valence-electron chi connectivity index (χ2n) is 4.60. The van der Waals surface area contributed by atoms with Crippen molar-refractivity contribution in [1.29, 1.82) is 0 Å². The van der Waals surface area contributed by atoms with Crippen molar-refractivity contribution in [2.45, 2.75) is 0 Å². The third kappa shape index (κ3) is 3.53. The summed E-state index contributed by atoms with van der Waals surface area (Å²) >= 11 is 3.31. The lowest BCUT2D eigenvalue weighted by atomic mass is 10.2. The summed E-state index contributed by atoms with van der Waals surface area (Å²) in [4.78, 5) is 27.9. The molecule has 0 saturated carbocycles. The first-order valence-electron chi connectivity index (χ1n) is 6.50. The number of anilines is 1. The lowest BCUT2D eigenvalue weighted by Gasteiger charge is -2.05. The van der Waals surface area contributed by atoms with E-state index in [9.17, 15) is 9.59 Å². The molecule has 8 nitrogen and oxygen atoms in total. The zero-order chi connectivity index (χ0) is 16.4. The molecule has 124 valence electrons. The molecule has 0 unspecified atom stereocenters. The van der Waals surface area contributed by atoms with Gasteiger partial charge >= 0.3 is 0 Å². The van der Waals surface area contributed by atoms with Crippen LogP contribution in [0.1, 0.15) is 20.7 Å². The topological polar surface area (TPSA) is 114 Å². The Morgan fingerprint density at radius 2 is 1.83 bits per heavy atom. The first kappa shape index (κ1) is 17.9. The van der Waals surface area contributed by atoms with Gasteiger partial charge in [-0.25, -0.2) is 15.3 Å². The van der Waals surface area contributed by atoms with E-state index in [0.29, 0.717) is 16.9 Å². The molecule has 1 aromatic carbocycles. The van der Waals surface area contributed by atoms with Crippen LogP contribution in [0.4, 0.5) is 5.69 Å². The zero-order valence-corrected chi connectivity index (χ0v) is 14.5. The van der Waals surface area contributed by atoms with Gasteiger partial charge in [0.05, 0.1) is 24.3 Å². The van der Waals surface area contributed by atoms with Crippen LogP contribution in [0.2, 0.25) is 0 Å². The van der Waals surface area contributed by atoms with Gasteiger partial charge in [-0.2, -0.15) is 5.10 Å². The van der Waals surface area contributed by atoms with Gasteiger partial charge in [0.15, 0.2) is 5.65 Å². The average molecular weight is 412 g/mol. The van der Waals surface area contributed by atoms with Crippen molar-refractivity contribution in [3.63, 3.8) is 0 Å². The fraction of sp³-hybridized carbons (Fsp3) is 0. The molecule has 2 amide bonds. The highest BCUT2D eigenvalue weighted by molar-refractivity contribution is 9.10. The van der Waals surface area contributed by atoms with Crippen molar-refractivity contribution in [2.24, 2.45) is 5.84 Å². The molecule has 10 heteroatoms. The van der Waals surface area contributed by atoms with Crippen LogP contribution in [0.5, 0.6) is 0 Å². The first-order chi connectivity index (χ1) is 11.1. The highest BCUT2D eigenvalue weighted by atomic mass is 79.9. The summed E-state index contributed by atoms with van der Waals surface area (Å²) in [5.41, 5.74) is 3.58. The molecule has 0 aliphatic rings. The van der Waals surface area contributed by atoms with Crippen LogP contribution in [-0.4, -0.2) is 26.4 Å². The molecule has 4 N–H and O–H groups in total. The Bertz CT molecular complexity index is 896. The maximum atomic E-state index is 12.2. The minimum absolute atomic E-state index is 0. The largest absolute Gasteiger partial charge is 0.319 e. The van der Waals surface area contributed by atoms with Crippen LogP contribution < -0.4 is 16.6 Å². The van der Waals surface area contributed by atoms with E-state index in [1.807, 2.05) is 5.43 Å². The number of nitrogen functional groups attached to an aromatic ring is 1. The van der Waals surface area contributed by atoms with E-state index in [4.69, 9.17) is 5.84 Å². The second kappa shape index (κ2) is 7.39. The van der Waals surface area contributed by atoms with E-state index >= 15 is 0 Å². The number of nitrogens with zero attached hydrogens (tertiary/aromatic N) is 3. The Morgan fingerprint density at radius 3 is 2.50 bits per heavy atom. The molecule has 0 atom stereocenters. The number of fused-ring (bicyclic) bond motifs is 1. The number of amides is 2. The Kier molecular flexibility index (Phi) is 5.50. The Balaban J connectivity index is 0.00000208. The number of hydrogen-bond donors (Lipinski definition) is 3. The zero-order valence-electron chi connectivity index (χ0n) is 12.1. The summed E-state index contributed by atoms with van der Waals surface area (Å²) in [5, 5.41) is 6.74. The summed E-state index contributed by atoms with van der Waals surface area (Å²) in [6.07, 6.45) is 4.36. The Labute approximate surface area is 150 Å². The van der Waals surface area contributed by atoms with Gasteiger partial charge < -0.3 is 5.32 Å². The molecule has 0 spiro atoms. The summed E-state index contributed by atoms with van der Waals surface area (Å²) in [5.74, 6) is 4.34. The number of benzene rings is 1. The average Bonchev–Trinajstić information content (AvgIpc) is 2.98. The van der Waals surface area contributed by atoms with Crippen LogP contribution in [0.25, 0.3) is 5.65 Å². The SMILES string of the molecule is Cl.NNC(=O)c1cnn2cc(NC(=O)c3ccc(Br)cc3)cnc12. The monoisotopic (exact) mass is 410 g/mol. The number of carbonyl (C=O) groups excluding carboxylic acids is 2. The summed E-state index contributed by atoms with van der Waals surface area (Å²) in [7, 11) is 0. The molecule has 0 bridgehead atoms. The van der Waals surface area contributed by atoms with Gasteiger partial charge in [-0.05, 0) is 24.3 Å². The number of hydrazine groups is 1. The number of nitrogens with one attached hydrogen (secondary N) is 2. The van der Waals surface area contributed by atoms with Gasteiger partial charge in [0.25, 0.3) is 11.8 Å². The van der Waals surface area contributed by atoms with E-state index in [1.54, 1.807) is 30.5 Å². The van der Waals surface area contributed by atoms with Crippen LogP contribution in [0, 0.1) is 0 Å². The number of halogens is 2. The number of aromatic nitrogens is 3. The van der Waals surface area contributed by atoms with Gasteiger partial charge in [0.2, 0.25) is 0 Å². The summed E-state index contributed by atoms with van der Waals surface area (Å²) < 4.78 is 2.28. The van der Waals surface area contributed by atoms with Crippen LogP contribution in [0.15, 0.2) is 47.3 Å². The minimum Gasteiger partial charge on any atom is -0.319 e. The number of nitrogens with two attached hydrogens (primary N) is 1. The molecule has 0 aliphatic carbocycles. The van der Waals surface area contributed by atoms with Gasteiger partial charge in [0, 0.05) is 10.0 Å². The van der Waals surface area contributed by atoms with Crippen LogP contribution in [-0.2, 0) is 0 Å². The second-order valence-corrected chi connectivity index (χ2v) is 5.52. The van der Waals surface area contributed by atoms with Crippen molar-refractivity contribution in [2.75, 3.05) is 5.32 Å². The molecule has 0 fully saturated rings. The molecule has 3 rings (SSSR count). The van der Waals surface area contributed by atoms with E-state index in [1.165, 1.54) is 16.9 Å². The fourth-order valence-corrected chi connectivity index (χ4v) is 2.25. The summed E-state index contributed by atoms with van der Waals surface area (Å²) in [6.45, 7) is 0. The molecular formula is C14H12BrClN6O2. The lowest BCUT2D eigenvalue weighted by Crippen LogP contribution is -2.29. The van der Waals surface area contributed by atoms with Crippen molar-refractivity contribution in [3.8, 4) is 0 Å². The van der Waals surface area contributed by atoms with Gasteiger partial charge in [-0.15, -0.1) is 12.4 Å². The van der Waals surface area contributed by atoms with Gasteiger partial charge in [-0.1, -0.05) is 15.9 Å². The molecule has 2 heterocycles. The maximum Gasteiger partial charge on any atom is 0.270 e. The lowest BCUT2D eigenvalue weighted by molar-refractivity contribution is 0.0954. The van der Waals surface area contributed by atoms with E-state index in [2.05, 4.69) is 31.3 Å². The fourth-order valence-electron chi connectivity index (χ4n) is 1.98. The van der Waals surface area contributed by atoms with E-state index in [0.717, 1.165) is 4.47 Å². The first-order valence-corrected chi connectivity index (χ1v) is 7.29. The Hall–Kier alpha value is -2.49. The predicted octanol–water partition coefficient (Wildman–Crippen LogP) is 1.77.